The first-order valence-corrected chi connectivity index (χ1v) is 7.31. The van der Waals surface area contributed by atoms with E-state index < -0.39 is 5.82 Å². The van der Waals surface area contributed by atoms with Crippen molar-refractivity contribution in [1.82, 2.24) is 0 Å². The van der Waals surface area contributed by atoms with E-state index in [9.17, 15) is 9.18 Å². The minimum Gasteiger partial charge on any atom is -0.497 e. The molecule has 0 bridgehead atoms. The Labute approximate surface area is 125 Å². The molecule has 0 aliphatic carbocycles. The minimum atomic E-state index is -0.466. The van der Waals surface area contributed by atoms with Crippen LogP contribution in [-0.2, 0) is 4.79 Å². The summed E-state index contributed by atoms with van der Waals surface area (Å²) in [5.74, 6) is 0.747. The van der Waals surface area contributed by atoms with Crippen molar-refractivity contribution < 1.29 is 13.9 Å². The van der Waals surface area contributed by atoms with E-state index >= 15 is 0 Å². The lowest BCUT2D eigenvalue weighted by Crippen LogP contribution is -2.18. The van der Waals surface area contributed by atoms with Crippen molar-refractivity contribution in [2.75, 3.05) is 19.0 Å². The fraction of sp³-hybridized carbons (Fsp3) is 0.562. The SMILES string of the molecule is COc1ccc(F)c(NC(=O)CCC(CCN)C(C)C)c1. The van der Waals surface area contributed by atoms with Crippen LogP contribution in [0.1, 0.15) is 33.1 Å². The molecule has 0 radical (unpaired) electrons. The molecule has 3 N–H and O–H groups in total. The number of nitrogens with one attached hydrogen (secondary N) is 1. The lowest BCUT2D eigenvalue weighted by atomic mass is 9.88. The van der Waals surface area contributed by atoms with Gasteiger partial charge in [0.1, 0.15) is 11.6 Å². The zero-order valence-electron chi connectivity index (χ0n) is 13.0. The summed E-state index contributed by atoms with van der Waals surface area (Å²) in [5, 5.41) is 2.60. The highest BCUT2D eigenvalue weighted by molar-refractivity contribution is 5.91. The minimum absolute atomic E-state index is 0.152. The summed E-state index contributed by atoms with van der Waals surface area (Å²) < 4.78 is 18.6. The molecular formula is C16H25FN2O2. The van der Waals surface area contributed by atoms with Crippen LogP contribution in [-0.4, -0.2) is 19.6 Å². The van der Waals surface area contributed by atoms with Gasteiger partial charge in [-0.05, 0) is 43.4 Å². The van der Waals surface area contributed by atoms with Crippen LogP contribution in [0.2, 0.25) is 0 Å². The fourth-order valence-corrected chi connectivity index (χ4v) is 2.28. The highest BCUT2D eigenvalue weighted by Gasteiger charge is 2.15. The average Bonchev–Trinajstić information content (AvgIpc) is 2.45. The van der Waals surface area contributed by atoms with Gasteiger partial charge in [-0.2, -0.15) is 0 Å². The molecule has 1 amide bonds. The molecule has 1 aromatic rings. The summed E-state index contributed by atoms with van der Waals surface area (Å²) in [4.78, 5) is 11.9. The highest BCUT2D eigenvalue weighted by Crippen LogP contribution is 2.23. The molecule has 0 saturated heterocycles. The number of hydrogen-bond acceptors (Lipinski definition) is 3. The van der Waals surface area contributed by atoms with Gasteiger partial charge in [-0.25, -0.2) is 4.39 Å². The van der Waals surface area contributed by atoms with E-state index in [4.69, 9.17) is 10.5 Å². The molecule has 0 aliphatic heterocycles. The number of amides is 1. The van der Waals surface area contributed by atoms with Gasteiger partial charge in [0.15, 0.2) is 0 Å². The Morgan fingerprint density at radius 2 is 2.10 bits per heavy atom. The van der Waals surface area contributed by atoms with Crippen LogP contribution >= 0.6 is 0 Å². The molecular weight excluding hydrogens is 271 g/mol. The van der Waals surface area contributed by atoms with Crippen molar-refractivity contribution in [1.29, 1.82) is 0 Å². The van der Waals surface area contributed by atoms with Crippen molar-refractivity contribution in [3.63, 3.8) is 0 Å². The van der Waals surface area contributed by atoms with E-state index in [2.05, 4.69) is 19.2 Å². The third kappa shape index (κ3) is 5.71. The number of carbonyl (C=O) groups excluding carboxylic acids is 1. The number of methoxy groups -OCH3 is 1. The van der Waals surface area contributed by atoms with E-state index in [1.807, 2.05) is 0 Å². The molecule has 1 aromatic carbocycles. The Morgan fingerprint density at radius 1 is 1.38 bits per heavy atom. The molecule has 1 rings (SSSR count). The van der Waals surface area contributed by atoms with Crippen molar-refractivity contribution in [2.45, 2.75) is 33.1 Å². The Kier molecular flexibility index (Phi) is 7.15. The molecule has 118 valence electrons. The molecule has 5 heteroatoms. The molecule has 1 atom stereocenters. The third-order valence-corrected chi connectivity index (χ3v) is 3.67. The van der Waals surface area contributed by atoms with Crippen molar-refractivity contribution in [3.8, 4) is 5.75 Å². The number of hydrogen-bond donors (Lipinski definition) is 2. The summed E-state index contributed by atoms with van der Waals surface area (Å²) in [6.07, 6.45) is 2.02. The summed E-state index contributed by atoms with van der Waals surface area (Å²) in [6.45, 7) is 4.87. The van der Waals surface area contributed by atoms with Crippen LogP contribution in [0.15, 0.2) is 18.2 Å². The van der Waals surface area contributed by atoms with Gasteiger partial charge >= 0.3 is 0 Å². The summed E-state index contributed by atoms with van der Waals surface area (Å²) in [7, 11) is 1.50. The van der Waals surface area contributed by atoms with E-state index in [-0.39, 0.29) is 11.6 Å². The van der Waals surface area contributed by atoms with E-state index in [0.29, 0.717) is 30.6 Å². The molecule has 0 heterocycles. The first-order valence-electron chi connectivity index (χ1n) is 7.31. The molecule has 0 spiro atoms. The quantitative estimate of drug-likeness (QED) is 0.774. The Balaban J connectivity index is 2.57. The van der Waals surface area contributed by atoms with E-state index in [1.54, 1.807) is 0 Å². The summed E-state index contributed by atoms with van der Waals surface area (Å²) >= 11 is 0. The number of rotatable bonds is 8. The predicted octanol–water partition coefficient (Wildman–Crippen LogP) is 3.17. The van der Waals surface area contributed by atoms with Gasteiger partial charge in [0.05, 0.1) is 12.8 Å². The van der Waals surface area contributed by atoms with Crippen molar-refractivity contribution in [3.05, 3.63) is 24.0 Å². The van der Waals surface area contributed by atoms with Crippen molar-refractivity contribution in [2.24, 2.45) is 17.6 Å². The lowest BCUT2D eigenvalue weighted by Gasteiger charge is -2.19. The summed E-state index contributed by atoms with van der Waals surface area (Å²) in [6, 6.07) is 4.27. The molecule has 0 aliphatic rings. The molecule has 21 heavy (non-hydrogen) atoms. The van der Waals surface area contributed by atoms with Crippen LogP contribution in [0.3, 0.4) is 0 Å². The standard InChI is InChI=1S/C16H25FN2O2/c1-11(2)12(8-9-18)4-7-16(20)19-15-10-13(21-3)5-6-14(15)17/h5-6,10-12H,4,7-9,18H2,1-3H3,(H,19,20). The highest BCUT2D eigenvalue weighted by atomic mass is 19.1. The van der Waals surface area contributed by atoms with Gasteiger partial charge in [0.2, 0.25) is 5.91 Å². The maximum absolute atomic E-state index is 13.6. The van der Waals surface area contributed by atoms with Crippen LogP contribution in [0, 0.1) is 17.7 Å². The Morgan fingerprint density at radius 3 is 2.67 bits per heavy atom. The normalized spacial score (nSPS) is 12.3. The Hall–Kier alpha value is -1.62. The van der Waals surface area contributed by atoms with Gasteiger partial charge in [0, 0.05) is 12.5 Å². The van der Waals surface area contributed by atoms with Crippen LogP contribution < -0.4 is 15.8 Å². The zero-order valence-corrected chi connectivity index (χ0v) is 13.0. The van der Waals surface area contributed by atoms with E-state index in [0.717, 1.165) is 12.8 Å². The van der Waals surface area contributed by atoms with Crippen LogP contribution in [0.25, 0.3) is 0 Å². The van der Waals surface area contributed by atoms with Gasteiger partial charge in [-0.3, -0.25) is 4.79 Å². The van der Waals surface area contributed by atoms with Gasteiger partial charge in [0.25, 0.3) is 0 Å². The fourth-order valence-electron chi connectivity index (χ4n) is 2.28. The number of carbonyl (C=O) groups is 1. The number of benzene rings is 1. The predicted molar refractivity (Wildman–Crippen MR) is 82.8 cm³/mol. The summed E-state index contributed by atoms with van der Waals surface area (Å²) in [5.41, 5.74) is 5.74. The van der Waals surface area contributed by atoms with Crippen LogP contribution in [0.5, 0.6) is 5.75 Å². The maximum Gasteiger partial charge on any atom is 0.224 e. The first-order chi connectivity index (χ1) is 9.97. The molecule has 0 fully saturated rings. The zero-order chi connectivity index (χ0) is 15.8. The molecule has 1 unspecified atom stereocenters. The second-order valence-corrected chi connectivity index (χ2v) is 5.51. The number of ether oxygens (including phenoxy) is 1. The van der Waals surface area contributed by atoms with Gasteiger partial charge in [-0.1, -0.05) is 13.8 Å². The number of halogens is 1. The second kappa shape index (κ2) is 8.62. The van der Waals surface area contributed by atoms with E-state index in [1.165, 1.54) is 25.3 Å². The lowest BCUT2D eigenvalue weighted by molar-refractivity contribution is -0.116. The smallest absolute Gasteiger partial charge is 0.224 e. The first kappa shape index (κ1) is 17.4. The molecule has 0 saturated carbocycles. The molecule has 4 nitrogen and oxygen atoms in total. The van der Waals surface area contributed by atoms with Crippen molar-refractivity contribution >= 4 is 11.6 Å². The monoisotopic (exact) mass is 296 g/mol. The second-order valence-electron chi connectivity index (χ2n) is 5.51. The Bertz CT molecular complexity index is 464. The molecule has 0 aromatic heterocycles. The average molecular weight is 296 g/mol. The van der Waals surface area contributed by atoms with Gasteiger partial charge in [-0.15, -0.1) is 0 Å². The maximum atomic E-state index is 13.6. The number of anilines is 1. The number of nitrogens with two attached hydrogens (primary N) is 1. The largest absolute Gasteiger partial charge is 0.497 e. The topological polar surface area (TPSA) is 64.3 Å². The van der Waals surface area contributed by atoms with Gasteiger partial charge < -0.3 is 15.8 Å². The third-order valence-electron chi connectivity index (χ3n) is 3.67. The van der Waals surface area contributed by atoms with Crippen LogP contribution in [0.4, 0.5) is 10.1 Å².